The molecular formula is C23H18N6O5. The molecule has 34 heavy (non-hydrogen) atoms. The fourth-order valence-corrected chi connectivity index (χ4v) is 3.03. The molecule has 0 saturated heterocycles. The molecule has 0 aliphatic carbocycles. The summed E-state index contributed by atoms with van der Waals surface area (Å²) >= 11 is 0. The molecule has 0 unspecified atom stereocenters. The SMILES string of the molecule is O=C(NCc1ccco1)C(=O)N/N=C/c1cn(-c2ccccc2)nc1-c1ccc([N+](=O)[O-])cc1. The molecule has 11 nitrogen and oxygen atoms in total. The van der Waals surface area contributed by atoms with Crippen LogP contribution in [0, 0.1) is 10.1 Å². The Labute approximate surface area is 192 Å². The molecule has 0 spiro atoms. The van der Waals surface area contributed by atoms with Gasteiger partial charge in [-0.15, -0.1) is 0 Å². The number of non-ortho nitro benzene ring substituents is 1. The van der Waals surface area contributed by atoms with Crippen molar-refractivity contribution < 1.29 is 18.9 Å². The van der Waals surface area contributed by atoms with Crippen molar-refractivity contribution in [2.75, 3.05) is 0 Å². The maximum absolute atomic E-state index is 12.0. The largest absolute Gasteiger partial charge is 0.467 e. The zero-order valence-electron chi connectivity index (χ0n) is 17.6. The topological polar surface area (TPSA) is 145 Å². The van der Waals surface area contributed by atoms with E-state index in [2.05, 4.69) is 20.9 Å². The Morgan fingerprint density at radius 2 is 1.82 bits per heavy atom. The molecule has 0 saturated carbocycles. The second kappa shape index (κ2) is 10.0. The molecule has 2 amide bonds. The minimum Gasteiger partial charge on any atom is -0.467 e. The number of hydrogen-bond acceptors (Lipinski definition) is 7. The molecule has 0 aliphatic rings. The number of furan rings is 1. The number of nitro groups is 1. The summed E-state index contributed by atoms with van der Waals surface area (Å²) in [5.74, 6) is -1.31. The fraction of sp³-hybridized carbons (Fsp3) is 0.0435. The first-order valence-corrected chi connectivity index (χ1v) is 10.0. The normalized spacial score (nSPS) is 10.8. The Morgan fingerprint density at radius 1 is 1.06 bits per heavy atom. The van der Waals surface area contributed by atoms with Crippen LogP contribution in [0.4, 0.5) is 5.69 Å². The number of carbonyl (C=O) groups excluding carboxylic acids is 2. The summed E-state index contributed by atoms with van der Waals surface area (Å²) < 4.78 is 6.72. The van der Waals surface area contributed by atoms with Gasteiger partial charge in [0.1, 0.15) is 11.5 Å². The number of carbonyl (C=O) groups is 2. The molecule has 0 bridgehead atoms. The first kappa shape index (κ1) is 22.1. The van der Waals surface area contributed by atoms with Crippen LogP contribution in [0.5, 0.6) is 0 Å². The van der Waals surface area contributed by atoms with Gasteiger partial charge in [0.25, 0.3) is 5.69 Å². The van der Waals surface area contributed by atoms with E-state index in [9.17, 15) is 19.7 Å². The zero-order chi connectivity index (χ0) is 23.9. The Morgan fingerprint density at radius 3 is 2.50 bits per heavy atom. The quantitative estimate of drug-likeness (QED) is 0.189. The highest BCUT2D eigenvalue weighted by Gasteiger charge is 2.15. The average molecular weight is 458 g/mol. The highest BCUT2D eigenvalue weighted by molar-refractivity contribution is 6.35. The highest BCUT2D eigenvalue weighted by atomic mass is 16.6. The number of nitrogens with zero attached hydrogens (tertiary/aromatic N) is 4. The van der Waals surface area contributed by atoms with Crippen LogP contribution < -0.4 is 10.7 Å². The van der Waals surface area contributed by atoms with Crippen molar-refractivity contribution in [1.29, 1.82) is 0 Å². The van der Waals surface area contributed by atoms with Gasteiger partial charge in [-0.2, -0.15) is 10.2 Å². The van der Waals surface area contributed by atoms with Crippen LogP contribution in [0.2, 0.25) is 0 Å². The number of hydrazone groups is 1. The molecule has 0 aliphatic heterocycles. The van der Waals surface area contributed by atoms with E-state index < -0.39 is 16.7 Å². The maximum Gasteiger partial charge on any atom is 0.329 e. The van der Waals surface area contributed by atoms with Gasteiger partial charge < -0.3 is 9.73 Å². The minimum absolute atomic E-state index is 0.0470. The van der Waals surface area contributed by atoms with Crippen molar-refractivity contribution in [3.05, 3.63) is 101 Å². The van der Waals surface area contributed by atoms with Gasteiger partial charge in [-0.05, 0) is 36.4 Å². The number of nitro benzene ring substituents is 1. The van der Waals surface area contributed by atoms with E-state index in [1.54, 1.807) is 35.1 Å². The van der Waals surface area contributed by atoms with Crippen molar-refractivity contribution in [3.63, 3.8) is 0 Å². The van der Waals surface area contributed by atoms with Crippen molar-refractivity contribution in [2.24, 2.45) is 5.10 Å². The van der Waals surface area contributed by atoms with Crippen LogP contribution in [-0.2, 0) is 16.1 Å². The number of rotatable bonds is 7. The molecule has 0 radical (unpaired) electrons. The Hall–Kier alpha value is -5.06. The van der Waals surface area contributed by atoms with Crippen LogP contribution in [0.3, 0.4) is 0 Å². The summed E-state index contributed by atoms with van der Waals surface area (Å²) in [5, 5.41) is 21.8. The number of amides is 2. The van der Waals surface area contributed by atoms with Gasteiger partial charge >= 0.3 is 11.8 Å². The average Bonchev–Trinajstić information content (AvgIpc) is 3.53. The predicted octanol–water partition coefficient (Wildman–Crippen LogP) is 2.81. The zero-order valence-corrected chi connectivity index (χ0v) is 17.6. The molecule has 4 aromatic rings. The first-order valence-electron chi connectivity index (χ1n) is 10.0. The first-order chi connectivity index (χ1) is 16.5. The van der Waals surface area contributed by atoms with Crippen molar-refractivity contribution >= 4 is 23.7 Å². The van der Waals surface area contributed by atoms with E-state index in [4.69, 9.17) is 4.42 Å². The van der Waals surface area contributed by atoms with Crippen LogP contribution in [-0.4, -0.2) is 32.7 Å². The summed E-state index contributed by atoms with van der Waals surface area (Å²) in [6, 6.07) is 18.6. The second-order valence-electron chi connectivity index (χ2n) is 6.98. The molecule has 0 fully saturated rings. The smallest absolute Gasteiger partial charge is 0.329 e. The van der Waals surface area contributed by atoms with E-state index in [0.29, 0.717) is 22.6 Å². The van der Waals surface area contributed by atoms with Crippen molar-refractivity contribution in [1.82, 2.24) is 20.5 Å². The summed E-state index contributed by atoms with van der Waals surface area (Å²) in [6.45, 7) is 0.0666. The van der Waals surface area contributed by atoms with Gasteiger partial charge in [0.2, 0.25) is 0 Å². The molecule has 0 atom stereocenters. The van der Waals surface area contributed by atoms with Gasteiger partial charge in [0, 0.05) is 29.5 Å². The number of aromatic nitrogens is 2. The molecule has 4 rings (SSSR count). The molecular weight excluding hydrogens is 440 g/mol. The van der Waals surface area contributed by atoms with Crippen LogP contribution >= 0.6 is 0 Å². The maximum atomic E-state index is 12.0. The van der Waals surface area contributed by atoms with Crippen molar-refractivity contribution in [2.45, 2.75) is 6.54 Å². The standard InChI is InChI=1S/C23H18N6O5/c30-22(24-14-20-7-4-12-34-20)23(31)26-25-13-17-15-28(18-5-2-1-3-6-18)27-21(17)16-8-10-19(11-9-16)29(32)33/h1-13,15H,14H2,(H,24,30)(H,26,31)/b25-13+. The molecule has 2 aromatic carbocycles. The Kier molecular flexibility index (Phi) is 6.54. The van der Waals surface area contributed by atoms with Crippen LogP contribution in [0.15, 0.2) is 88.7 Å². The van der Waals surface area contributed by atoms with Gasteiger partial charge in [0.05, 0.1) is 29.6 Å². The third-order valence-corrected chi connectivity index (χ3v) is 4.69. The molecule has 11 heteroatoms. The van der Waals surface area contributed by atoms with E-state index in [-0.39, 0.29) is 12.2 Å². The van der Waals surface area contributed by atoms with E-state index in [0.717, 1.165) is 5.69 Å². The Bertz CT molecular complexity index is 1330. The number of benzene rings is 2. The monoisotopic (exact) mass is 458 g/mol. The van der Waals surface area contributed by atoms with Gasteiger partial charge in [-0.25, -0.2) is 10.1 Å². The number of nitrogens with one attached hydrogen (secondary N) is 2. The molecule has 2 aromatic heterocycles. The van der Waals surface area contributed by atoms with Crippen LogP contribution in [0.25, 0.3) is 16.9 Å². The van der Waals surface area contributed by atoms with E-state index in [1.807, 2.05) is 30.3 Å². The third kappa shape index (κ3) is 5.22. The lowest BCUT2D eigenvalue weighted by Gasteiger charge is -2.01. The van der Waals surface area contributed by atoms with Crippen molar-refractivity contribution in [3.8, 4) is 16.9 Å². The number of para-hydroxylation sites is 1. The summed E-state index contributed by atoms with van der Waals surface area (Å²) in [4.78, 5) is 34.4. The highest BCUT2D eigenvalue weighted by Crippen LogP contribution is 2.25. The molecule has 2 heterocycles. The van der Waals surface area contributed by atoms with E-state index in [1.165, 1.54) is 24.6 Å². The number of hydrogen-bond donors (Lipinski definition) is 2. The third-order valence-electron chi connectivity index (χ3n) is 4.69. The lowest BCUT2D eigenvalue weighted by Crippen LogP contribution is -2.37. The second-order valence-corrected chi connectivity index (χ2v) is 6.98. The lowest BCUT2D eigenvalue weighted by atomic mass is 10.1. The molecule has 2 N–H and O–H groups in total. The van der Waals surface area contributed by atoms with Gasteiger partial charge in [-0.1, -0.05) is 18.2 Å². The lowest BCUT2D eigenvalue weighted by molar-refractivity contribution is -0.384. The predicted molar refractivity (Wildman–Crippen MR) is 122 cm³/mol. The fourth-order valence-electron chi connectivity index (χ4n) is 3.03. The van der Waals surface area contributed by atoms with Gasteiger partial charge in [0.15, 0.2) is 0 Å². The van der Waals surface area contributed by atoms with Gasteiger partial charge in [-0.3, -0.25) is 19.7 Å². The molecule has 170 valence electrons. The summed E-state index contributed by atoms with van der Waals surface area (Å²) in [6.07, 6.45) is 4.50. The Balaban J connectivity index is 1.52. The summed E-state index contributed by atoms with van der Waals surface area (Å²) in [5.41, 5.74) is 4.53. The van der Waals surface area contributed by atoms with E-state index >= 15 is 0 Å². The minimum atomic E-state index is -0.949. The summed E-state index contributed by atoms with van der Waals surface area (Å²) in [7, 11) is 0. The van der Waals surface area contributed by atoms with Crippen LogP contribution in [0.1, 0.15) is 11.3 Å².